The molecule has 4 rings (SSSR count). The Balaban J connectivity index is 1.75. The van der Waals surface area contributed by atoms with Crippen LogP contribution < -0.4 is 9.62 Å². The summed E-state index contributed by atoms with van der Waals surface area (Å²) in [6, 6.07) is 18.0. The van der Waals surface area contributed by atoms with Crippen LogP contribution in [0.15, 0.2) is 71.6 Å². The second kappa shape index (κ2) is 15.3. The predicted molar refractivity (Wildman–Crippen MR) is 178 cm³/mol. The molecule has 1 atom stereocenters. The molecular weight excluding hydrogens is 617 g/mol. The molecule has 0 unspecified atom stereocenters. The van der Waals surface area contributed by atoms with Crippen molar-refractivity contribution in [1.29, 1.82) is 0 Å². The molecule has 0 heterocycles. The van der Waals surface area contributed by atoms with Crippen molar-refractivity contribution in [3.63, 3.8) is 0 Å². The van der Waals surface area contributed by atoms with Gasteiger partial charge in [0.15, 0.2) is 0 Å². The van der Waals surface area contributed by atoms with Crippen molar-refractivity contribution in [1.82, 2.24) is 10.2 Å². The molecule has 44 heavy (non-hydrogen) atoms. The lowest BCUT2D eigenvalue weighted by molar-refractivity contribution is -0.140. The van der Waals surface area contributed by atoms with Crippen molar-refractivity contribution in [3.05, 3.63) is 93.5 Å². The molecule has 1 aliphatic rings. The third kappa shape index (κ3) is 8.14. The summed E-state index contributed by atoms with van der Waals surface area (Å²) < 4.78 is 29.6. The second-order valence-corrected chi connectivity index (χ2v) is 14.0. The molecule has 1 aliphatic carbocycles. The van der Waals surface area contributed by atoms with Crippen LogP contribution in [0.1, 0.15) is 69.1 Å². The first kappa shape index (κ1) is 33.8. The smallest absolute Gasteiger partial charge is 0.264 e. The summed E-state index contributed by atoms with van der Waals surface area (Å²) in [4.78, 5) is 29.7. The van der Waals surface area contributed by atoms with Crippen LogP contribution in [0.3, 0.4) is 0 Å². The molecule has 0 bridgehead atoms. The van der Waals surface area contributed by atoms with Gasteiger partial charge in [0.05, 0.1) is 10.6 Å². The van der Waals surface area contributed by atoms with Crippen LogP contribution in [0, 0.1) is 6.92 Å². The van der Waals surface area contributed by atoms with Crippen molar-refractivity contribution in [3.8, 4) is 0 Å². The first-order valence-electron chi connectivity index (χ1n) is 15.3. The monoisotopic (exact) mass is 657 g/mol. The molecule has 2 amide bonds. The maximum atomic E-state index is 14.4. The summed E-state index contributed by atoms with van der Waals surface area (Å²) in [7, 11) is -4.15. The Bertz CT molecular complexity index is 1560. The van der Waals surface area contributed by atoms with Gasteiger partial charge in [0.25, 0.3) is 10.0 Å². The van der Waals surface area contributed by atoms with Gasteiger partial charge in [-0.25, -0.2) is 8.42 Å². The summed E-state index contributed by atoms with van der Waals surface area (Å²) in [5, 5.41) is 3.97. The van der Waals surface area contributed by atoms with Crippen LogP contribution in [0.4, 0.5) is 5.69 Å². The van der Waals surface area contributed by atoms with Crippen LogP contribution >= 0.6 is 23.2 Å². The van der Waals surface area contributed by atoms with E-state index in [1.54, 1.807) is 54.6 Å². The Hall–Kier alpha value is -3.07. The average Bonchev–Trinajstić information content (AvgIpc) is 3.01. The van der Waals surface area contributed by atoms with E-state index in [1.165, 1.54) is 9.21 Å². The number of nitrogens with zero attached hydrogens (tertiary/aromatic N) is 2. The quantitative estimate of drug-likeness (QED) is 0.221. The van der Waals surface area contributed by atoms with Gasteiger partial charge >= 0.3 is 0 Å². The number of carbonyl (C=O) groups is 2. The number of hydrogen-bond donors (Lipinski definition) is 1. The first-order valence-corrected chi connectivity index (χ1v) is 17.5. The third-order valence-corrected chi connectivity index (χ3v) is 10.6. The van der Waals surface area contributed by atoms with Crippen molar-refractivity contribution in [2.45, 2.75) is 89.2 Å². The topological polar surface area (TPSA) is 86.8 Å². The van der Waals surface area contributed by atoms with Gasteiger partial charge in [-0.15, -0.1) is 0 Å². The highest BCUT2D eigenvalue weighted by Crippen LogP contribution is 2.30. The minimum absolute atomic E-state index is 0.0132. The lowest BCUT2D eigenvalue weighted by Gasteiger charge is -2.35. The van der Waals surface area contributed by atoms with Gasteiger partial charge in [-0.05, 0) is 74.1 Å². The molecule has 7 nitrogen and oxygen atoms in total. The highest BCUT2D eigenvalue weighted by molar-refractivity contribution is 7.92. The lowest BCUT2D eigenvalue weighted by atomic mass is 9.95. The van der Waals surface area contributed by atoms with Crippen LogP contribution in [0.2, 0.25) is 10.0 Å². The summed E-state index contributed by atoms with van der Waals surface area (Å²) in [6.45, 7) is 5.19. The molecule has 0 aromatic heterocycles. The van der Waals surface area contributed by atoms with Gasteiger partial charge in [-0.1, -0.05) is 98.3 Å². The maximum Gasteiger partial charge on any atom is 0.264 e. The van der Waals surface area contributed by atoms with Gasteiger partial charge in [0.1, 0.15) is 12.6 Å². The Kier molecular flexibility index (Phi) is 11.7. The van der Waals surface area contributed by atoms with E-state index in [9.17, 15) is 18.0 Å². The summed E-state index contributed by atoms with van der Waals surface area (Å²) in [6.07, 6.45) is 5.95. The number of rotatable bonds is 12. The summed E-state index contributed by atoms with van der Waals surface area (Å²) >= 11 is 12.7. The molecule has 236 valence electrons. The zero-order chi connectivity index (χ0) is 31.9. The number of benzene rings is 3. The number of hydrogen-bond acceptors (Lipinski definition) is 4. The Labute approximate surface area is 271 Å². The van der Waals surface area contributed by atoms with Gasteiger partial charge in [-0.3, -0.25) is 13.9 Å². The van der Waals surface area contributed by atoms with E-state index in [0.717, 1.165) is 43.2 Å². The largest absolute Gasteiger partial charge is 0.352 e. The van der Waals surface area contributed by atoms with E-state index >= 15 is 0 Å². The zero-order valence-corrected chi connectivity index (χ0v) is 27.9. The highest BCUT2D eigenvalue weighted by atomic mass is 35.5. The van der Waals surface area contributed by atoms with E-state index < -0.39 is 28.5 Å². The Morgan fingerprint density at radius 1 is 0.932 bits per heavy atom. The second-order valence-electron chi connectivity index (χ2n) is 11.3. The fourth-order valence-electron chi connectivity index (χ4n) is 5.70. The van der Waals surface area contributed by atoms with Gasteiger partial charge in [0, 0.05) is 22.6 Å². The SMILES string of the molecule is CCc1ccccc1N(CC(=O)N(Cc1ccc(Cl)cc1Cl)[C@@H](CC)C(=O)NC1CCCCC1)S(=O)(=O)c1ccc(C)cc1. The fourth-order valence-corrected chi connectivity index (χ4v) is 7.62. The van der Waals surface area contributed by atoms with E-state index in [-0.39, 0.29) is 23.4 Å². The summed E-state index contributed by atoms with van der Waals surface area (Å²) in [5.74, 6) is -0.761. The minimum atomic E-state index is -4.15. The van der Waals surface area contributed by atoms with Crippen molar-refractivity contribution >= 4 is 50.7 Å². The van der Waals surface area contributed by atoms with Crippen molar-refractivity contribution < 1.29 is 18.0 Å². The predicted octanol–water partition coefficient (Wildman–Crippen LogP) is 7.32. The van der Waals surface area contributed by atoms with Crippen LogP contribution in [0.5, 0.6) is 0 Å². The number of halogens is 2. The molecule has 0 spiro atoms. The third-order valence-electron chi connectivity index (χ3n) is 8.22. The number of para-hydroxylation sites is 1. The number of aryl methyl sites for hydroxylation is 2. The molecule has 10 heteroatoms. The number of sulfonamides is 1. The summed E-state index contributed by atoms with van der Waals surface area (Å²) in [5.41, 5.74) is 2.73. The van der Waals surface area contributed by atoms with E-state index in [2.05, 4.69) is 5.32 Å². The number of nitrogens with one attached hydrogen (secondary N) is 1. The van der Waals surface area contributed by atoms with Crippen LogP contribution in [-0.4, -0.2) is 43.8 Å². The van der Waals surface area contributed by atoms with Crippen molar-refractivity contribution in [2.24, 2.45) is 0 Å². The first-order chi connectivity index (χ1) is 21.0. The molecule has 3 aromatic carbocycles. The molecular formula is C34H41Cl2N3O4S. The average molecular weight is 659 g/mol. The maximum absolute atomic E-state index is 14.4. The normalized spacial score (nSPS) is 14.6. The Morgan fingerprint density at radius 2 is 1.61 bits per heavy atom. The molecule has 0 radical (unpaired) electrons. The molecule has 3 aromatic rings. The lowest BCUT2D eigenvalue weighted by Crippen LogP contribution is -2.54. The fraction of sp³-hybridized carbons (Fsp3) is 0.412. The van der Waals surface area contributed by atoms with Gasteiger partial charge < -0.3 is 10.2 Å². The highest BCUT2D eigenvalue weighted by Gasteiger charge is 2.35. The standard InChI is InChI=1S/C34H41Cl2N3O4S/c1-4-25-11-9-10-14-32(25)39(44(42,43)29-19-15-24(3)16-20-29)23-33(40)38(22-26-17-18-27(35)21-30(26)36)31(5-2)34(41)37-28-12-7-6-8-13-28/h9-11,14-21,28,31H,4-8,12-13,22-23H2,1-3H3,(H,37,41)/t31-/m0/s1. The van der Waals surface area contributed by atoms with Crippen LogP contribution in [0.25, 0.3) is 0 Å². The number of amides is 2. The zero-order valence-electron chi connectivity index (χ0n) is 25.6. The van der Waals surface area contributed by atoms with E-state index in [4.69, 9.17) is 23.2 Å². The molecule has 0 aliphatic heterocycles. The van der Waals surface area contributed by atoms with E-state index in [0.29, 0.717) is 34.1 Å². The molecule has 0 saturated heterocycles. The molecule has 1 N–H and O–H groups in total. The van der Waals surface area contributed by atoms with Crippen LogP contribution in [-0.2, 0) is 32.6 Å². The number of anilines is 1. The Morgan fingerprint density at radius 3 is 2.25 bits per heavy atom. The molecule has 1 saturated carbocycles. The minimum Gasteiger partial charge on any atom is -0.352 e. The number of carbonyl (C=O) groups excluding carboxylic acids is 2. The molecule has 1 fully saturated rings. The van der Waals surface area contributed by atoms with Gasteiger partial charge in [0.2, 0.25) is 11.8 Å². The van der Waals surface area contributed by atoms with Crippen molar-refractivity contribution in [2.75, 3.05) is 10.8 Å². The van der Waals surface area contributed by atoms with E-state index in [1.807, 2.05) is 32.9 Å². The van der Waals surface area contributed by atoms with Gasteiger partial charge in [-0.2, -0.15) is 0 Å².